The minimum Gasteiger partial charge on any atom is -0.456 e. The first-order chi connectivity index (χ1) is 15.0. The Morgan fingerprint density at radius 2 is 1.62 bits per heavy atom. The molecule has 0 saturated carbocycles. The fraction of sp³-hybridized carbons (Fsp3) is 0.0500. The van der Waals surface area contributed by atoms with Crippen molar-refractivity contribution in [3.8, 4) is 17.2 Å². The number of hydrogen-bond donors (Lipinski definition) is 2. The van der Waals surface area contributed by atoms with Crippen molar-refractivity contribution >= 4 is 17.5 Å². The van der Waals surface area contributed by atoms with Gasteiger partial charge in [-0.1, -0.05) is 0 Å². The molecule has 166 valence electrons. The van der Waals surface area contributed by atoms with E-state index in [4.69, 9.17) is 10.5 Å². The number of nitrogens with one attached hydrogen (secondary N) is 1. The molecule has 32 heavy (non-hydrogen) atoms. The smallest absolute Gasteiger partial charge is 0.456 e. The Hall–Kier alpha value is -4.22. The summed E-state index contributed by atoms with van der Waals surface area (Å²) >= 11 is 0. The lowest BCUT2D eigenvalue weighted by Gasteiger charge is -2.14. The van der Waals surface area contributed by atoms with Gasteiger partial charge in [-0.2, -0.15) is 0 Å². The largest absolute Gasteiger partial charge is 0.573 e. The zero-order valence-corrected chi connectivity index (χ0v) is 15.7. The van der Waals surface area contributed by atoms with Crippen molar-refractivity contribution < 1.29 is 41.0 Å². The Bertz CT molecular complexity index is 1170. The van der Waals surface area contributed by atoms with Crippen LogP contribution in [0.3, 0.4) is 0 Å². The first-order valence-corrected chi connectivity index (χ1v) is 8.62. The Morgan fingerprint density at radius 3 is 2.25 bits per heavy atom. The molecule has 0 bridgehead atoms. The van der Waals surface area contributed by atoms with Gasteiger partial charge in [-0.3, -0.25) is 14.6 Å². The first-order valence-electron chi connectivity index (χ1n) is 8.62. The van der Waals surface area contributed by atoms with Crippen LogP contribution in [-0.2, 0) is 0 Å². The van der Waals surface area contributed by atoms with Gasteiger partial charge in [0.15, 0.2) is 11.6 Å². The molecule has 0 atom stereocenters. The van der Waals surface area contributed by atoms with Crippen molar-refractivity contribution in [2.24, 2.45) is 5.73 Å². The summed E-state index contributed by atoms with van der Waals surface area (Å²) in [6.07, 6.45) is -3.73. The van der Waals surface area contributed by atoms with E-state index in [0.29, 0.717) is 6.07 Å². The minimum absolute atomic E-state index is 0.0158. The molecular weight excluding hydrogens is 441 g/mol. The molecule has 12 heteroatoms. The number of nitrogens with zero attached hydrogens (tertiary/aromatic N) is 1. The molecule has 3 N–H and O–H groups in total. The van der Waals surface area contributed by atoms with Crippen molar-refractivity contribution in [1.82, 2.24) is 4.98 Å². The van der Waals surface area contributed by atoms with Crippen LogP contribution in [0.25, 0.3) is 0 Å². The van der Waals surface area contributed by atoms with Gasteiger partial charge in [-0.15, -0.1) is 13.2 Å². The fourth-order valence-corrected chi connectivity index (χ4v) is 2.50. The molecule has 3 rings (SSSR count). The number of benzene rings is 2. The summed E-state index contributed by atoms with van der Waals surface area (Å²) in [6.45, 7) is 0. The predicted octanol–water partition coefficient (Wildman–Crippen LogP) is 4.40. The highest BCUT2D eigenvalue weighted by Gasteiger charge is 2.31. The van der Waals surface area contributed by atoms with Gasteiger partial charge in [0.05, 0.1) is 0 Å². The fourth-order valence-electron chi connectivity index (χ4n) is 2.50. The topological polar surface area (TPSA) is 104 Å². The highest BCUT2D eigenvalue weighted by Crippen LogP contribution is 2.31. The average Bonchev–Trinajstić information content (AvgIpc) is 2.71. The monoisotopic (exact) mass is 453 g/mol. The molecule has 0 aliphatic heterocycles. The van der Waals surface area contributed by atoms with Gasteiger partial charge in [0.2, 0.25) is 0 Å². The molecule has 0 fully saturated rings. The molecule has 3 aromatic rings. The van der Waals surface area contributed by atoms with E-state index in [0.717, 1.165) is 36.4 Å². The second-order valence-electron chi connectivity index (χ2n) is 6.10. The van der Waals surface area contributed by atoms with Crippen LogP contribution in [0.5, 0.6) is 17.2 Å². The Labute approximate surface area is 176 Å². The van der Waals surface area contributed by atoms with Crippen LogP contribution in [0.4, 0.5) is 27.6 Å². The van der Waals surface area contributed by atoms with Gasteiger partial charge in [0.25, 0.3) is 11.8 Å². The maximum absolute atomic E-state index is 14.4. The van der Waals surface area contributed by atoms with Crippen LogP contribution in [0.15, 0.2) is 54.7 Å². The number of carbonyl (C=O) groups excluding carboxylic acids is 2. The lowest BCUT2D eigenvalue weighted by Crippen LogP contribution is -2.18. The van der Waals surface area contributed by atoms with Gasteiger partial charge in [-0.25, -0.2) is 8.78 Å². The summed E-state index contributed by atoms with van der Waals surface area (Å²) in [4.78, 5) is 27.5. The molecule has 2 amide bonds. The number of aromatic nitrogens is 1. The quantitative estimate of drug-likeness (QED) is 0.539. The Balaban J connectivity index is 1.87. The molecule has 0 spiro atoms. The SMILES string of the molecule is NC(=O)c1cc(NC(=O)c2c(Oc3ccc(OC(F)(F)F)cc3)ccc(F)c2F)ccn1. The third kappa shape index (κ3) is 5.47. The number of amides is 2. The predicted molar refractivity (Wildman–Crippen MR) is 100 cm³/mol. The van der Waals surface area contributed by atoms with E-state index in [9.17, 15) is 31.5 Å². The zero-order valence-electron chi connectivity index (χ0n) is 15.7. The number of halogens is 5. The van der Waals surface area contributed by atoms with Crippen molar-refractivity contribution in [2.75, 3.05) is 5.32 Å². The van der Waals surface area contributed by atoms with Crippen LogP contribution in [0.1, 0.15) is 20.8 Å². The zero-order chi connectivity index (χ0) is 23.5. The summed E-state index contributed by atoms with van der Waals surface area (Å²) in [6, 6.07) is 8.10. The van der Waals surface area contributed by atoms with E-state index in [1.807, 2.05) is 0 Å². The van der Waals surface area contributed by atoms with Crippen molar-refractivity contribution in [3.05, 3.63) is 77.6 Å². The molecular formula is C20H12F5N3O4. The molecule has 0 radical (unpaired) electrons. The number of nitrogens with two attached hydrogens (primary N) is 1. The van der Waals surface area contributed by atoms with Gasteiger partial charge in [0, 0.05) is 11.9 Å². The maximum Gasteiger partial charge on any atom is 0.573 e. The van der Waals surface area contributed by atoms with E-state index in [2.05, 4.69) is 15.0 Å². The summed E-state index contributed by atoms with van der Waals surface area (Å²) < 4.78 is 74.1. The van der Waals surface area contributed by atoms with E-state index in [1.165, 1.54) is 12.3 Å². The van der Waals surface area contributed by atoms with Crippen molar-refractivity contribution in [3.63, 3.8) is 0 Å². The molecule has 0 aliphatic rings. The van der Waals surface area contributed by atoms with E-state index in [-0.39, 0.29) is 17.1 Å². The number of anilines is 1. The number of primary amides is 1. The Morgan fingerprint density at radius 1 is 0.969 bits per heavy atom. The molecule has 1 heterocycles. The van der Waals surface area contributed by atoms with Gasteiger partial charge in [-0.05, 0) is 48.5 Å². The summed E-state index contributed by atoms with van der Waals surface area (Å²) in [5.74, 6) is -5.91. The number of rotatable bonds is 6. The molecule has 2 aromatic carbocycles. The number of ether oxygens (including phenoxy) is 2. The van der Waals surface area contributed by atoms with Crippen LogP contribution in [0, 0.1) is 11.6 Å². The molecule has 0 saturated heterocycles. The lowest BCUT2D eigenvalue weighted by atomic mass is 10.1. The summed E-state index contributed by atoms with van der Waals surface area (Å²) in [5.41, 5.74) is 4.12. The average molecular weight is 453 g/mol. The second-order valence-corrected chi connectivity index (χ2v) is 6.10. The van der Waals surface area contributed by atoms with E-state index >= 15 is 0 Å². The highest BCUT2D eigenvalue weighted by molar-refractivity contribution is 6.07. The van der Waals surface area contributed by atoms with Crippen molar-refractivity contribution in [1.29, 1.82) is 0 Å². The summed E-state index contributed by atoms with van der Waals surface area (Å²) in [5, 5.41) is 2.26. The van der Waals surface area contributed by atoms with Crippen molar-refractivity contribution in [2.45, 2.75) is 6.36 Å². The number of alkyl halides is 3. The van der Waals surface area contributed by atoms with Gasteiger partial charge < -0.3 is 20.5 Å². The minimum atomic E-state index is -4.89. The lowest BCUT2D eigenvalue weighted by molar-refractivity contribution is -0.274. The third-order valence-electron chi connectivity index (χ3n) is 3.84. The normalized spacial score (nSPS) is 11.0. The molecule has 1 aromatic heterocycles. The van der Waals surface area contributed by atoms with Gasteiger partial charge >= 0.3 is 6.36 Å². The summed E-state index contributed by atoms with van der Waals surface area (Å²) in [7, 11) is 0. The van der Waals surface area contributed by atoms with E-state index < -0.39 is 46.9 Å². The van der Waals surface area contributed by atoms with Crippen LogP contribution in [0.2, 0.25) is 0 Å². The first kappa shape index (κ1) is 22.5. The second kappa shape index (κ2) is 8.88. The maximum atomic E-state index is 14.4. The number of hydrogen-bond acceptors (Lipinski definition) is 5. The van der Waals surface area contributed by atoms with Crippen LogP contribution in [-0.4, -0.2) is 23.2 Å². The van der Waals surface area contributed by atoms with Crippen LogP contribution >= 0.6 is 0 Å². The van der Waals surface area contributed by atoms with E-state index in [1.54, 1.807) is 0 Å². The third-order valence-corrected chi connectivity index (χ3v) is 3.84. The standard InChI is InChI=1S/C20H12F5N3O4/c21-13-5-6-15(31-11-1-3-12(4-2-11)32-20(23,24)25)16(17(13)22)19(30)28-10-7-8-27-14(9-10)18(26)29/h1-9H,(H2,26,29)(H,27,28,30). The number of pyridine rings is 1. The Kier molecular flexibility index (Phi) is 6.23. The molecule has 7 nitrogen and oxygen atoms in total. The van der Waals surface area contributed by atoms with Gasteiger partial charge in [0.1, 0.15) is 28.5 Å². The number of carbonyl (C=O) groups is 2. The highest BCUT2D eigenvalue weighted by atomic mass is 19.4. The molecule has 0 aliphatic carbocycles. The van der Waals surface area contributed by atoms with Crippen LogP contribution < -0.4 is 20.5 Å². The molecule has 0 unspecified atom stereocenters.